The summed E-state index contributed by atoms with van der Waals surface area (Å²) >= 11 is 0. The lowest BCUT2D eigenvalue weighted by Gasteiger charge is -2.42. The third kappa shape index (κ3) is 2.82. The van der Waals surface area contributed by atoms with Crippen LogP contribution in [0.5, 0.6) is 0 Å². The van der Waals surface area contributed by atoms with E-state index in [0.717, 1.165) is 32.5 Å². The number of hydrogen-bond donors (Lipinski definition) is 1. The predicted octanol–water partition coefficient (Wildman–Crippen LogP) is 2.05. The second kappa shape index (κ2) is 4.45. The highest BCUT2D eigenvalue weighted by Gasteiger charge is 2.34. The van der Waals surface area contributed by atoms with Gasteiger partial charge >= 0.3 is 0 Å². The minimum absolute atomic E-state index is 0.0340. The van der Waals surface area contributed by atoms with Crippen molar-refractivity contribution >= 4 is 0 Å². The van der Waals surface area contributed by atoms with E-state index in [-0.39, 0.29) is 11.5 Å². The first kappa shape index (κ1) is 11.7. The molecule has 0 amide bonds. The number of piperidine rings is 1. The van der Waals surface area contributed by atoms with Crippen LogP contribution < -0.4 is 0 Å². The summed E-state index contributed by atoms with van der Waals surface area (Å²) in [5, 5.41) is 9.80. The summed E-state index contributed by atoms with van der Waals surface area (Å²) in [6, 6.07) is 0. The van der Waals surface area contributed by atoms with E-state index in [9.17, 15) is 5.11 Å². The van der Waals surface area contributed by atoms with Gasteiger partial charge in [0.05, 0.1) is 6.10 Å². The number of aliphatic hydroxyl groups is 1. The van der Waals surface area contributed by atoms with E-state index in [1.165, 1.54) is 5.57 Å². The van der Waals surface area contributed by atoms with Crippen molar-refractivity contribution in [3.05, 3.63) is 12.2 Å². The topological polar surface area (TPSA) is 23.5 Å². The van der Waals surface area contributed by atoms with Crippen LogP contribution in [0.1, 0.15) is 33.6 Å². The molecule has 0 radical (unpaired) electrons. The molecule has 1 N–H and O–H groups in total. The number of aliphatic hydroxyl groups excluding tert-OH is 1. The number of nitrogens with zero attached hydrogens (tertiary/aromatic N) is 1. The van der Waals surface area contributed by atoms with Gasteiger partial charge in [-0.05, 0) is 12.8 Å². The van der Waals surface area contributed by atoms with Gasteiger partial charge in [0.2, 0.25) is 0 Å². The van der Waals surface area contributed by atoms with E-state index in [0.29, 0.717) is 0 Å². The molecule has 2 nitrogen and oxygen atoms in total. The van der Waals surface area contributed by atoms with Gasteiger partial charge in [0.15, 0.2) is 0 Å². The van der Waals surface area contributed by atoms with Gasteiger partial charge in [-0.3, -0.25) is 4.90 Å². The first-order valence-corrected chi connectivity index (χ1v) is 5.53. The van der Waals surface area contributed by atoms with Crippen LogP contribution in [0.3, 0.4) is 0 Å². The Bertz CT molecular complexity index is 210. The number of hydrogen-bond acceptors (Lipinski definition) is 2. The maximum absolute atomic E-state index is 9.80. The first-order chi connectivity index (χ1) is 6.45. The highest BCUT2D eigenvalue weighted by molar-refractivity contribution is 4.98. The maximum Gasteiger partial charge on any atom is 0.0615 e. The Kier molecular flexibility index (Phi) is 3.73. The molecule has 0 aromatic heterocycles. The van der Waals surface area contributed by atoms with Gasteiger partial charge in [0, 0.05) is 25.0 Å². The van der Waals surface area contributed by atoms with Crippen molar-refractivity contribution in [2.45, 2.75) is 39.7 Å². The van der Waals surface area contributed by atoms with Crippen molar-refractivity contribution in [1.82, 2.24) is 4.90 Å². The highest BCUT2D eigenvalue weighted by atomic mass is 16.3. The third-order valence-corrected chi connectivity index (χ3v) is 3.20. The van der Waals surface area contributed by atoms with E-state index >= 15 is 0 Å². The lowest BCUT2D eigenvalue weighted by atomic mass is 9.81. The van der Waals surface area contributed by atoms with Gasteiger partial charge in [-0.2, -0.15) is 0 Å². The zero-order valence-corrected chi connectivity index (χ0v) is 9.71. The summed E-state index contributed by atoms with van der Waals surface area (Å²) in [7, 11) is 0. The molecule has 0 aromatic rings. The van der Waals surface area contributed by atoms with Crippen LogP contribution in [-0.2, 0) is 0 Å². The first-order valence-electron chi connectivity index (χ1n) is 5.53. The molecule has 2 heteroatoms. The molecule has 82 valence electrons. The molecule has 1 unspecified atom stereocenters. The normalized spacial score (nSPS) is 27.6. The zero-order valence-electron chi connectivity index (χ0n) is 9.71. The molecule has 1 saturated heterocycles. The Hall–Kier alpha value is -0.340. The third-order valence-electron chi connectivity index (χ3n) is 3.20. The van der Waals surface area contributed by atoms with Crippen molar-refractivity contribution in [3.63, 3.8) is 0 Å². The molecular weight excluding hydrogens is 174 g/mol. The van der Waals surface area contributed by atoms with Crippen LogP contribution in [0.15, 0.2) is 12.2 Å². The Balaban J connectivity index is 2.47. The summed E-state index contributed by atoms with van der Waals surface area (Å²) in [5.41, 5.74) is 1.32. The second-order valence-electron chi connectivity index (χ2n) is 5.11. The van der Waals surface area contributed by atoms with Gasteiger partial charge in [-0.15, -0.1) is 0 Å². The molecule has 1 rings (SSSR count). The lowest BCUT2D eigenvalue weighted by Crippen LogP contribution is -2.48. The molecule has 0 saturated carbocycles. The fourth-order valence-corrected chi connectivity index (χ4v) is 2.02. The summed E-state index contributed by atoms with van der Waals surface area (Å²) in [6.45, 7) is 13.4. The molecule has 1 heterocycles. The Morgan fingerprint density at radius 1 is 1.57 bits per heavy atom. The SMILES string of the molecule is C=C(CC)CN1CCC(O)C(C)(C)C1. The Labute approximate surface area is 87.6 Å². The lowest BCUT2D eigenvalue weighted by molar-refractivity contribution is -0.0216. The standard InChI is InChI=1S/C12H23NO/c1-5-10(2)8-13-7-6-11(14)12(3,4)9-13/h11,14H,2,5-9H2,1,3-4H3. The van der Waals surface area contributed by atoms with Crippen LogP contribution in [0, 0.1) is 5.41 Å². The zero-order chi connectivity index (χ0) is 10.8. The molecule has 0 spiro atoms. The Morgan fingerprint density at radius 2 is 2.21 bits per heavy atom. The van der Waals surface area contributed by atoms with E-state index in [1.54, 1.807) is 0 Å². The fraction of sp³-hybridized carbons (Fsp3) is 0.833. The van der Waals surface area contributed by atoms with Gasteiger partial charge in [-0.25, -0.2) is 0 Å². The van der Waals surface area contributed by atoms with Gasteiger partial charge < -0.3 is 5.11 Å². The van der Waals surface area contributed by atoms with E-state index in [2.05, 4.69) is 32.3 Å². The molecule has 1 aliphatic rings. The van der Waals surface area contributed by atoms with Crippen molar-refractivity contribution in [3.8, 4) is 0 Å². The van der Waals surface area contributed by atoms with Crippen LogP contribution in [-0.4, -0.2) is 35.7 Å². The quantitative estimate of drug-likeness (QED) is 0.700. The minimum Gasteiger partial charge on any atom is -0.392 e. The maximum atomic E-state index is 9.80. The van der Waals surface area contributed by atoms with Crippen molar-refractivity contribution in [2.75, 3.05) is 19.6 Å². The molecule has 1 atom stereocenters. The molecule has 1 aliphatic heterocycles. The van der Waals surface area contributed by atoms with Crippen molar-refractivity contribution in [1.29, 1.82) is 0 Å². The Morgan fingerprint density at radius 3 is 2.71 bits per heavy atom. The van der Waals surface area contributed by atoms with E-state index in [4.69, 9.17) is 0 Å². The monoisotopic (exact) mass is 197 g/mol. The average Bonchev–Trinajstić information content (AvgIpc) is 2.11. The molecule has 1 fully saturated rings. The summed E-state index contributed by atoms with van der Waals surface area (Å²) in [6.07, 6.45) is 1.80. The van der Waals surface area contributed by atoms with Crippen LogP contribution in [0.25, 0.3) is 0 Å². The summed E-state index contributed by atoms with van der Waals surface area (Å²) in [5.74, 6) is 0. The molecule has 0 aromatic carbocycles. The van der Waals surface area contributed by atoms with Crippen molar-refractivity contribution in [2.24, 2.45) is 5.41 Å². The van der Waals surface area contributed by atoms with Crippen molar-refractivity contribution < 1.29 is 5.11 Å². The summed E-state index contributed by atoms with van der Waals surface area (Å²) < 4.78 is 0. The largest absolute Gasteiger partial charge is 0.392 e. The van der Waals surface area contributed by atoms with Gasteiger partial charge in [-0.1, -0.05) is 32.9 Å². The molecule has 14 heavy (non-hydrogen) atoms. The second-order valence-corrected chi connectivity index (χ2v) is 5.11. The summed E-state index contributed by atoms with van der Waals surface area (Å²) in [4.78, 5) is 2.40. The highest BCUT2D eigenvalue weighted by Crippen LogP contribution is 2.29. The van der Waals surface area contributed by atoms with Crippen LogP contribution in [0.2, 0.25) is 0 Å². The van der Waals surface area contributed by atoms with Crippen LogP contribution in [0.4, 0.5) is 0 Å². The van der Waals surface area contributed by atoms with Gasteiger partial charge in [0.1, 0.15) is 0 Å². The molecule has 0 aliphatic carbocycles. The molecule has 0 bridgehead atoms. The average molecular weight is 197 g/mol. The minimum atomic E-state index is -0.145. The van der Waals surface area contributed by atoms with E-state index in [1.807, 2.05) is 0 Å². The number of likely N-dealkylation sites (tertiary alicyclic amines) is 1. The van der Waals surface area contributed by atoms with E-state index < -0.39 is 0 Å². The van der Waals surface area contributed by atoms with Crippen LogP contribution >= 0.6 is 0 Å². The predicted molar refractivity (Wildman–Crippen MR) is 60.3 cm³/mol. The number of rotatable bonds is 3. The van der Waals surface area contributed by atoms with Gasteiger partial charge in [0.25, 0.3) is 0 Å². The smallest absolute Gasteiger partial charge is 0.0615 e. The fourth-order valence-electron chi connectivity index (χ4n) is 2.02. The molecular formula is C12H23NO.